The first-order valence-electron chi connectivity index (χ1n) is 8.82. The molecule has 2 aromatic carbocycles. The standard InChI is InChI=1S/C21H22BrN3O3/c1-21(2,3)13-9-10-17(15(22)11-13)28-12-18(26)23-24-19-14-7-5-6-8-16(14)25(4)20(19)27/h5-11,27H,12H2,1-4H3. The molecule has 1 heterocycles. The molecule has 3 aromatic rings. The summed E-state index contributed by atoms with van der Waals surface area (Å²) in [4.78, 5) is 12.1. The maximum absolute atomic E-state index is 12.1. The number of aromatic hydroxyl groups is 1. The third-order valence-electron chi connectivity index (χ3n) is 4.46. The average Bonchev–Trinajstić information content (AvgIpc) is 2.89. The molecule has 0 unspecified atom stereocenters. The van der Waals surface area contributed by atoms with Crippen molar-refractivity contribution in [3.05, 3.63) is 52.5 Å². The summed E-state index contributed by atoms with van der Waals surface area (Å²) in [6, 6.07) is 13.2. The summed E-state index contributed by atoms with van der Waals surface area (Å²) in [5.74, 6) is -0.0251. The lowest BCUT2D eigenvalue weighted by Gasteiger charge is -2.20. The maximum Gasteiger partial charge on any atom is 0.302 e. The lowest BCUT2D eigenvalue weighted by Crippen LogP contribution is -2.12. The van der Waals surface area contributed by atoms with E-state index in [0.29, 0.717) is 5.75 Å². The number of fused-ring (bicyclic) bond motifs is 1. The second kappa shape index (κ2) is 7.75. The van der Waals surface area contributed by atoms with Crippen molar-refractivity contribution in [2.75, 3.05) is 6.61 Å². The molecule has 28 heavy (non-hydrogen) atoms. The molecule has 0 radical (unpaired) electrons. The molecule has 1 amide bonds. The van der Waals surface area contributed by atoms with Gasteiger partial charge < -0.3 is 14.4 Å². The number of nitrogens with zero attached hydrogens (tertiary/aromatic N) is 3. The summed E-state index contributed by atoms with van der Waals surface area (Å²) in [6.07, 6.45) is 0. The average molecular weight is 444 g/mol. The van der Waals surface area contributed by atoms with Gasteiger partial charge in [0.25, 0.3) is 0 Å². The van der Waals surface area contributed by atoms with Crippen LogP contribution in [-0.4, -0.2) is 22.2 Å². The van der Waals surface area contributed by atoms with Gasteiger partial charge in [-0.05, 0) is 45.1 Å². The number of aryl methyl sites for hydroxylation is 1. The molecule has 0 aliphatic heterocycles. The van der Waals surface area contributed by atoms with Gasteiger partial charge in [-0.25, -0.2) is 0 Å². The van der Waals surface area contributed by atoms with Crippen molar-refractivity contribution < 1.29 is 14.6 Å². The number of amides is 1. The summed E-state index contributed by atoms with van der Waals surface area (Å²) >= 11 is 3.48. The first-order chi connectivity index (χ1) is 13.2. The summed E-state index contributed by atoms with van der Waals surface area (Å²) in [5, 5.41) is 18.6. The number of halogens is 1. The molecular weight excluding hydrogens is 422 g/mol. The molecule has 0 fully saturated rings. The van der Waals surface area contributed by atoms with E-state index < -0.39 is 5.91 Å². The number of hydrogen-bond acceptors (Lipinski definition) is 4. The van der Waals surface area contributed by atoms with Crippen molar-refractivity contribution in [2.24, 2.45) is 17.3 Å². The summed E-state index contributed by atoms with van der Waals surface area (Å²) in [7, 11) is 1.72. The van der Waals surface area contributed by atoms with Crippen LogP contribution in [-0.2, 0) is 17.3 Å². The highest BCUT2D eigenvalue weighted by Crippen LogP contribution is 2.37. The van der Waals surface area contributed by atoms with Gasteiger partial charge >= 0.3 is 5.91 Å². The molecule has 0 spiro atoms. The Kier molecular flexibility index (Phi) is 5.56. The highest BCUT2D eigenvalue weighted by molar-refractivity contribution is 9.10. The van der Waals surface area contributed by atoms with Crippen LogP contribution in [0.25, 0.3) is 10.9 Å². The van der Waals surface area contributed by atoms with Crippen LogP contribution >= 0.6 is 15.9 Å². The van der Waals surface area contributed by atoms with Crippen LogP contribution in [0, 0.1) is 0 Å². The quantitative estimate of drug-likeness (QED) is 0.530. The fourth-order valence-corrected chi connectivity index (χ4v) is 3.31. The van der Waals surface area contributed by atoms with Gasteiger partial charge in [-0.2, -0.15) is 0 Å². The molecule has 0 aliphatic rings. The molecule has 7 heteroatoms. The minimum atomic E-state index is -0.542. The zero-order valence-electron chi connectivity index (χ0n) is 16.2. The van der Waals surface area contributed by atoms with Crippen molar-refractivity contribution in [1.29, 1.82) is 0 Å². The smallest absolute Gasteiger partial charge is 0.302 e. The van der Waals surface area contributed by atoms with E-state index in [9.17, 15) is 9.90 Å². The van der Waals surface area contributed by atoms with Crippen LogP contribution in [0.4, 0.5) is 5.69 Å². The number of benzene rings is 2. The summed E-state index contributed by atoms with van der Waals surface area (Å²) in [6.45, 7) is 6.13. The van der Waals surface area contributed by atoms with Gasteiger partial charge in [0.1, 0.15) is 5.75 Å². The van der Waals surface area contributed by atoms with Gasteiger partial charge in [0.2, 0.25) is 5.88 Å². The number of rotatable bonds is 4. The van der Waals surface area contributed by atoms with Crippen LogP contribution in [0.3, 0.4) is 0 Å². The largest absolute Gasteiger partial charge is 0.493 e. The lowest BCUT2D eigenvalue weighted by molar-refractivity contribution is -0.120. The third-order valence-corrected chi connectivity index (χ3v) is 5.08. The van der Waals surface area contributed by atoms with Crippen molar-refractivity contribution in [3.63, 3.8) is 0 Å². The fraction of sp³-hybridized carbons (Fsp3) is 0.286. The van der Waals surface area contributed by atoms with Crippen LogP contribution in [0.15, 0.2) is 57.2 Å². The Morgan fingerprint density at radius 3 is 2.61 bits per heavy atom. The summed E-state index contributed by atoms with van der Waals surface area (Å²) < 4.78 is 7.93. The van der Waals surface area contributed by atoms with Crippen LogP contribution < -0.4 is 4.74 Å². The lowest BCUT2D eigenvalue weighted by atomic mass is 9.87. The van der Waals surface area contributed by atoms with Gasteiger partial charge in [0.05, 0.1) is 9.99 Å². The molecule has 3 rings (SSSR count). The molecule has 0 saturated carbocycles. The number of aromatic nitrogens is 1. The van der Waals surface area contributed by atoms with E-state index in [1.807, 2.05) is 42.5 Å². The van der Waals surface area contributed by atoms with Gasteiger partial charge in [-0.3, -0.25) is 4.79 Å². The molecule has 6 nitrogen and oxygen atoms in total. The second-order valence-electron chi connectivity index (χ2n) is 7.53. The molecule has 0 atom stereocenters. The number of carbonyl (C=O) groups is 1. The number of azo groups is 1. The predicted molar refractivity (Wildman–Crippen MR) is 112 cm³/mol. The minimum absolute atomic E-state index is 0.0194. The SMILES string of the molecule is Cn1c(O)c(N=NC(=O)COc2ccc(C(C)(C)C)cc2Br)c2ccccc21. The molecule has 0 aliphatic carbocycles. The van der Waals surface area contributed by atoms with Crippen LogP contribution in [0.2, 0.25) is 0 Å². The van der Waals surface area contributed by atoms with E-state index in [1.54, 1.807) is 11.6 Å². The van der Waals surface area contributed by atoms with Gasteiger partial charge in [0.15, 0.2) is 12.3 Å². The number of carbonyl (C=O) groups excluding carboxylic acids is 1. The van der Waals surface area contributed by atoms with E-state index in [0.717, 1.165) is 20.9 Å². The molecular formula is C21H22BrN3O3. The first kappa shape index (κ1) is 20.1. The third kappa shape index (κ3) is 4.09. The van der Waals surface area contributed by atoms with E-state index in [2.05, 4.69) is 46.9 Å². The predicted octanol–water partition coefficient (Wildman–Crippen LogP) is 5.63. The molecule has 0 bridgehead atoms. The zero-order chi connectivity index (χ0) is 20.5. The molecule has 1 aromatic heterocycles. The Balaban J connectivity index is 1.71. The Hall–Kier alpha value is -2.67. The Labute approximate surface area is 172 Å². The highest BCUT2D eigenvalue weighted by Gasteiger charge is 2.16. The number of para-hydroxylation sites is 1. The van der Waals surface area contributed by atoms with E-state index >= 15 is 0 Å². The maximum atomic E-state index is 12.1. The number of hydrogen-bond donors (Lipinski definition) is 1. The van der Waals surface area contributed by atoms with Gasteiger partial charge in [-0.15, -0.1) is 10.2 Å². The van der Waals surface area contributed by atoms with Crippen LogP contribution in [0.1, 0.15) is 26.3 Å². The normalized spacial score (nSPS) is 12.0. The number of ether oxygens (including phenoxy) is 1. The van der Waals surface area contributed by atoms with E-state index in [1.165, 1.54) is 0 Å². The Bertz CT molecular complexity index is 1060. The fourth-order valence-electron chi connectivity index (χ4n) is 2.82. The van der Waals surface area contributed by atoms with Gasteiger partial charge in [0, 0.05) is 12.4 Å². The van der Waals surface area contributed by atoms with Crippen molar-refractivity contribution in [1.82, 2.24) is 4.57 Å². The second-order valence-corrected chi connectivity index (χ2v) is 8.38. The van der Waals surface area contributed by atoms with Gasteiger partial charge in [-0.1, -0.05) is 45.0 Å². The topological polar surface area (TPSA) is 76.2 Å². The zero-order valence-corrected chi connectivity index (χ0v) is 17.8. The van der Waals surface area contributed by atoms with Crippen LogP contribution in [0.5, 0.6) is 11.6 Å². The van der Waals surface area contributed by atoms with Crippen molar-refractivity contribution in [3.8, 4) is 11.6 Å². The first-order valence-corrected chi connectivity index (χ1v) is 9.61. The Morgan fingerprint density at radius 2 is 1.93 bits per heavy atom. The Morgan fingerprint density at radius 1 is 1.21 bits per heavy atom. The molecule has 146 valence electrons. The van der Waals surface area contributed by atoms with Crippen molar-refractivity contribution in [2.45, 2.75) is 26.2 Å². The minimum Gasteiger partial charge on any atom is -0.493 e. The van der Waals surface area contributed by atoms with Crippen molar-refractivity contribution >= 4 is 38.4 Å². The summed E-state index contributed by atoms with van der Waals surface area (Å²) in [5.41, 5.74) is 2.25. The monoisotopic (exact) mass is 443 g/mol. The van der Waals surface area contributed by atoms with E-state index in [4.69, 9.17) is 4.74 Å². The van der Waals surface area contributed by atoms with E-state index in [-0.39, 0.29) is 23.6 Å². The molecule has 1 N–H and O–H groups in total. The molecule has 0 saturated heterocycles. The highest BCUT2D eigenvalue weighted by atomic mass is 79.9.